The topological polar surface area (TPSA) is 70.7 Å². The molecule has 1 atom stereocenters. The summed E-state index contributed by atoms with van der Waals surface area (Å²) in [6.45, 7) is 1.71. The average Bonchev–Trinajstić information content (AvgIpc) is 2.54. The number of nitrogens with zero attached hydrogens (tertiary/aromatic N) is 2. The van der Waals surface area contributed by atoms with Gasteiger partial charge in [0.15, 0.2) is 0 Å². The van der Waals surface area contributed by atoms with Crippen molar-refractivity contribution < 1.29 is 4.79 Å². The Balaban J connectivity index is 2.05. The van der Waals surface area contributed by atoms with Crippen molar-refractivity contribution in [3.8, 4) is 0 Å². The molecule has 2 N–H and O–H groups in total. The minimum Gasteiger partial charge on any atom is -0.294 e. The van der Waals surface area contributed by atoms with E-state index in [0.717, 1.165) is 0 Å². The van der Waals surface area contributed by atoms with Crippen molar-refractivity contribution in [1.29, 1.82) is 0 Å². The first kappa shape index (κ1) is 9.73. The third-order valence-electron chi connectivity index (χ3n) is 2.41. The molecule has 5 nitrogen and oxygen atoms in total. The van der Waals surface area contributed by atoms with Gasteiger partial charge >= 0.3 is 0 Å². The molecular formula is C7H8Cl2N4O. The lowest BCUT2D eigenvalue weighted by Gasteiger charge is -2.09. The number of halogens is 2. The molecule has 1 aromatic heterocycles. The van der Waals surface area contributed by atoms with Gasteiger partial charge in [0.1, 0.15) is 10.7 Å². The van der Waals surface area contributed by atoms with Crippen LogP contribution in [0.1, 0.15) is 13.3 Å². The molecule has 1 aliphatic carbocycles. The average molecular weight is 235 g/mol. The van der Waals surface area contributed by atoms with Crippen LogP contribution in [0, 0.1) is 5.41 Å². The highest BCUT2D eigenvalue weighted by Gasteiger charge is 2.68. The van der Waals surface area contributed by atoms with E-state index in [-0.39, 0.29) is 5.91 Å². The lowest BCUT2D eigenvalue weighted by Crippen LogP contribution is -2.26. The third-order valence-corrected chi connectivity index (χ3v) is 3.51. The smallest absolute Gasteiger partial charge is 0.235 e. The molecule has 0 radical (unpaired) electrons. The molecule has 0 aliphatic heterocycles. The van der Waals surface area contributed by atoms with Gasteiger partial charge in [0.2, 0.25) is 11.9 Å². The van der Waals surface area contributed by atoms with Crippen LogP contribution in [0.2, 0.25) is 0 Å². The van der Waals surface area contributed by atoms with Gasteiger partial charge in [0.25, 0.3) is 0 Å². The number of carbonyl (C=O) groups is 1. The van der Waals surface area contributed by atoms with Crippen molar-refractivity contribution >= 4 is 35.1 Å². The van der Waals surface area contributed by atoms with Gasteiger partial charge in [0.05, 0.1) is 5.41 Å². The Hall–Kier alpha value is -0.810. The van der Waals surface area contributed by atoms with Crippen molar-refractivity contribution in [3.05, 3.63) is 6.33 Å². The summed E-state index contributed by atoms with van der Waals surface area (Å²) in [7, 11) is 0. The Labute approximate surface area is 90.2 Å². The molecule has 1 aliphatic rings. The van der Waals surface area contributed by atoms with E-state index in [4.69, 9.17) is 23.2 Å². The summed E-state index contributed by atoms with van der Waals surface area (Å²) in [6, 6.07) is 0. The highest BCUT2D eigenvalue weighted by Crippen LogP contribution is 2.64. The van der Waals surface area contributed by atoms with E-state index in [1.165, 1.54) is 6.33 Å². The highest BCUT2D eigenvalue weighted by atomic mass is 35.5. The van der Waals surface area contributed by atoms with Gasteiger partial charge in [-0.25, -0.2) is 5.10 Å². The number of aromatic nitrogens is 3. The molecule has 0 saturated heterocycles. The molecule has 14 heavy (non-hydrogen) atoms. The minimum absolute atomic E-state index is 0.251. The summed E-state index contributed by atoms with van der Waals surface area (Å²) in [5.41, 5.74) is -0.733. The fourth-order valence-corrected chi connectivity index (χ4v) is 1.86. The number of H-pyrrole nitrogens is 1. The second-order valence-corrected chi connectivity index (χ2v) is 4.99. The maximum Gasteiger partial charge on any atom is 0.235 e. The SMILES string of the molecule is C[C@]1(C(=O)Nc2ncn[nH]2)CC1(Cl)Cl. The molecular weight excluding hydrogens is 227 g/mol. The van der Waals surface area contributed by atoms with E-state index in [1.807, 2.05) is 0 Å². The second-order valence-electron chi connectivity index (χ2n) is 3.50. The summed E-state index contributed by atoms with van der Waals surface area (Å²) >= 11 is 11.7. The van der Waals surface area contributed by atoms with Gasteiger partial charge in [-0.05, 0) is 13.3 Å². The number of hydrogen-bond acceptors (Lipinski definition) is 3. The predicted molar refractivity (Wildman–Crippen MR) is 52.2 cm³/mol. The standard InChI is InChI=1S/C7H8Cl2N4O/c1-6(2-7(6,8)9)4(14)12-5-10-3-11-13-5/h3H,2H2,1H3,(H2,10,11,12,13,14)/t6-/m1/s1. The Morgan fingerprint density at radius 1 is 1.71 bits per heavy atom. The normalized spacial score (nSPS) is 28.5. The van der Waals surface area contributed by atoms with E-state index >= 15 is 0 Å². The Morgan fingerprint density at radius 3 is 2.79 bits per heavy atom. The van der Waals surface area contributed by atoms with Gasteiger partial charge in [-0.2, -0.15) is 10.1 Å². The summed E-state index contributed by atoms with van der Waals surface area (Å²) in [6.07, 6.45) is 1.75. The molecule has 1 heterocycles. The van der Waals surface area contributed by atoms with Gasteiger partial charge in [-0.15, -0.1) is 23.2 Å². The zero-order chi connectivity index (χ0) is 10.4. The number of amides is 1. The summed E-state index contributed by atoms with van der Waals surface area (Å²) < 4.78 is -0.961. The molecule has 1 saturated carbocycles. The maximum absolute atomic E-state index is 11.6. The molecule has 0 bridgehead atoms. The van der Waals surface area contributed by atoms with E-state index in [9.17, 15) is 4.79 Å². The number of nitrogens with one attached hydrogen (secondary N) is 2. The fraction of sp³-hybridized carbons (Fsp3) is 0.571. The van der Waals surface area contributed by atoms with Crippen molar-refractivity contribution in [2.45, 2.75) is 17.7 Å². The van der Waals surface area contributed by atoms with Crippen LogP contribution in [0.4, 0.5) is 5.95 Å². The quantitative estimate of drug-likeness (QED) is 0.759. The first-order chi connectivity index (χ1) is 6.46. The highest BCUT2D eigenvalue weighted by molar-refractivity contribution is 6.53. The summed E-state index contributed by atoms with van der Waals surface area (Å²) in [5, 5.41) is 8.66. The monoisotopic (exact) mass is 234 g/mol. The van der Waals surface area contributed by atoms with Crippen LogP contribution in [-0.2, 0) is 4.79 Å². The first-order valence-corrected chi connectivity index (χ1v) is 4.76. The van der Waals surface area contributed by atoms with Crippen LogP contribution in [0.25, 0.3) is 0 Å². The van der Waals surface area contributed by atoms with Crippen molar-refractivity contribution in [3.63, 3.8) is 0 Å². The van der Waals surface area contributed by atoms with Crippen LogP contribution in [0.15, 0.2) is 6.33 Å². The van der Waals surface area contributed by atoms with Crippen LogP contribution >= 0.6 is 23.2 Å². The van der Waals surface area contributed by atoms with Crippen molar-refractivity contribution in [1.82, 2.24) is 15.2 Å². The molecule has 1 amide bonds. The number of anilines is 1. The van der Waals surface area contributed by atoms with Crippen LogP contribution in [0.5, 0.6) is 0 Å². The molecule has 1 fully saturated rings. The van der Waals surface area contributed by atoms with E-state index < -0.39 is 9.75 Å². The van der Waals surface area contributed by atoms with E-state index in [2.05, 4.69) is 20.5 Å². The van der Waals surface area contributed by atoms with Crippen LogP contribution in [0.3, 0.4) is 0 Å². The van der Waals surface area contributed by atoms with Gasteiger partial charge in [0, 0.05) is 0 Å². The molecule has 0 aromatic carbocycles. The molecule has 0 unspecified atom stereocenters. The Kier molecular flexibility index (Phi) is 1.97. The molecule has 0 spiro atoms. The second kappa shape index (κ2) is 2.84. The van der Waals surface area contributed by atoms with E-state index in [1.54, 1.807) is 6.92 Å². The number of hydrogen-bond donors (Lipinski definition) is 2. The molecule has 1 aromatic rings. The lowest BCUT2D eigenvalue weighted by molar-refractivity contribution is -0.120. The van der Waals surface area contributed by atoms with Gasteiger partial charge in [-0.1, -0.05) is 0 Å². The van der Waals surface area contributed by atoms with Crippen LogP contribution in [-0.4, -0.2) is 25.4 Å². The minimum atomic E-state index is -0.961. The summed E-state index contributed by atoms with van der Waals surface area (Å²) in [5.74, 6) is 0.0477. The van der Waals surface area contributed by atoms with Gasteiger partial charge in [-0.3, -0.25) is 10.1 Å². The Morgan fingerprint density at radius 2 is 2.36 bits per heavy atom. The van der Waals surface area contributed by atoms with Crippen molar-refractivity contribution in [2.24, 2.45) is 5.41 Å². The zero-order valence-electron chi connectivity index (χ0n) is 7.34. The fourth-order valence-electron chi connectivity index (χ4n) is 1.16. The molecule has 2 rings (SSSR count). The largest absolute Gasteiger partial charge is 0.294 e. The van der Waals surface area contributed by atoms with E-state index in [0.29, 0.717) is 12.4 Å². The van der Waals surface area contributed by atoms with Crippen LogP contribution < -0.4 is 5.32 Å². The zero-order valence-corrected chi connectivity index (χ0v) is 8.85. The number of alkyl halides is 2. The lowest BCUT2D eigenvalue weighted by atomic mass is 10.1. The van der Waals surface area contributed by atoms with Gasteiger partial charge < -0.3 is 0 Å². The predicted octanol–water partition coefficient (Wildman–Crippen LogP) is 1.33. The number of aromatic amines is 1. The number of carbonyl (C=O) groups excluding carboxylic acids is 1. The van der Waals surface area contributed by atoms with Crippen molar-refractivity contribution in [2.75, 3.05) is 5.32 Å². The molecule has 7 heteroatoms. The first-order valence-electron chi connectivity index (χ1n) is 4.00. The Bertz CT molecular complexity index is 364. The summed E-state index contributed by atoms with van der Waals surface area (Å²) in [4.78, 5) is 15.4. The third kappa shape index (κ3) is 1.36. The molecule has 76 valence electrons. The maximum atomic E-state index is 11.6. The number of rotatable bonds is 2.